The van der Waals surface area contributed by atoms with Crippen molar-refractivity contribution < 1.29 is 14.3 Å². The minimum Gasteiger partial charge on any atom is -0.495 e. The number of benzene rings is 2. The standard InChI is InChI=1S/C22H24ClN5O3S/c1-3-27-21(15-7-6-8-16(23)13-15)25-26-22(27)32-14-20(30)28(12-11-19(24)29)17-9-4-5-10-18(17)31-2/h4-10,13H,3,11-12,14H2,1-2H3,(H2,24,29). The van der Waals surface area contributed by atoms with E-state index in [-0.39, 0.29) is 24.6 Å². The van der Waals surface area contributed by atoms with Crippen LogP contribution in [-0.4, -0.2) is 46.0 Å². The summed E-state index contributed by atoms with van der Waals surface area (Å²) in [7, 11) is 1.53. The van der Waals surface area contributed by atoms with Crippen molar-refractivity contribution in [2.24, 2.45) is 5.73 Å². The second kappa shape index (κ2) is 11.0. The van der Waals surface area contributed by atoms with Gasteiger partial charge in [-0.25, -0.2) is 0 Å². The number of para-hydroxylation sites is 2. The van der Waals surface area contributed by atoms with Gasteiger partial charge in [-0.15, -0.1) is 10.2 Å². The van der Waals surface area contributed by atoms with Crippen LogP contribution in [0.4, 0.5) is 5.69 Å². The van der Waals surface area contributed by atoms with Gasteiger partial charge in [0.15, 0.2) is 11.0 Å². The molecule has 2 N–H and O–H groups in total. The first-order valence-electron chi connectivity index (χ1n) is 9.98. The number of rotatable bonds is 10. The molecular weight excluding hydrogens is 450 g/mol. The van der Waals surface area contributed by atoms with Crippen LogP contribution < -0.4 is 15.4 Å². The van der Waals surface area contributed by atoms with E-state index in [4.69, 9.17) is 22.1 Å². The van der Waals surface area contributed by atoms with E-state index in [1.54, 1.807) is 24.3 Å². The number of amides is 2. The number of hydrogen-bond donors (Lipinski definition) is 1. The lowest BCUT2D eigenvalue weighted by Crippen LogP contribution is -2.35. The van der Waals surface area contributed by atoms with Gasteiger partial charge < -0.3 is 19.9 Å². The maximum atomic E-state index is 13.1. The van der Waals surface area contributed by atoms with E-state index in [0.29, 0.717) is 34.0 Å². The van der Waals surface area contributed by atoms with Crippen LogP contribution in [0.5, 0.6) is 5.75 Å². The summed E-state index contributed by atoms with van der Waals surface area (Å²) in [5, 5.41) is 9.79. The molecule has 0 fully saturated rings. The van der Waals surface area contributed by atoms with Gasteiger partial charge in [0.2, 0.25) is 11.8 Å². The Morgan fingerprint density at radius 1 is 1.19 bits per heavy atom. The number of carbonyl (C=O) groups is 2. The molecule has 0 spiro atoms. The van der Waals surface area contributed by atoms with Gasteiger partial charge >= 0.3 is 0 Å². The van der Waals surface area contributed by atoms with Crippen LogP contribution in [0.3, 0.4) is 0 Å². The maximum Gasteiger partial charge on any atom is 0.237 e. The van der Waals surface area contributed by atoms with Crippen LogP contribution in [0, 0.1) is 0 Å². The minimum atomic E-state index is -0.484. The van der Waals surface area contributed by atoms with Crippen LogP contribution in [0.15, 0.2) is 53.7 Å². The van der Waals surface area contributed by atoms with Crippen molar-refractivity contribution in [3.63, 3.8) is 0 Å². The average molecular weight is 474 g/mol. The van der Waals surface area contributed by atoms with Gasteiger partial charge in [0.25, 0.3) is 0 Å². The number of nitrogens with zero attached hydrogens (tertiary/aromatic N) is 4. The van der Waals surface area contributed by atoms with E-state index < -0.39 is 5.91 Å². The van der Waals surface area contributed by atoms with Crippen molar-refractivity contribution in [3.8, 4) is 17.1 Å². The second-order valence-corrected chi connectivity index (χ2v) is 8.16. The number of methoxy groups -OCH3 is 1. The highest BCUT2D eigenvalue weighted by atomic mass is 35.5. The molecule has 1 aromatic heterocycles. The summed E-state index contributed by atoms with van der Waals surface area (Å²) in [4.78, 5) is 26.0. The van der Waals surface area contributed by atoms with Gasteiger partial charge in [-0.05, 0) is 31.2 Å². The van der Waals surface area contributed by atoms with Crippen LogP contribution in [0.25, 0.3) is 11.4 Å². The van der Waals surface area contributed by atoms with Crippen LogP contribution in [0.1, 0.15) is 13.3 Å². The van der Waals surface area contributed by atoms with Crippen molar-refractivity contribution in [1.82, 2.24) is 14.8 Å². The highest BCUT2D eigenvalue weighted by molar-refractivity contribution is 7.99. The number of carbonyl (C=O) groups excluding carboxylic acids is 2. The average Bonchev–Trinajstić information content (AvgIpc) is 3.21. The molecule has 2 amide bonds. The molecule has 3 rings (SSSR count). The lowest BCUT2D eigenvalue weighted by atomic mass is 10.2. The molecule has 0 saturated carbocycles. The number of thioether (sulfide) groups is 1. The van der Waals surface area contributed by atoms with E-state index in [1.807, 2.05) is 35.8 Å². The summed E-state index contributed by atoms with van der Waals surface area (Å²) in [6.45, 7) is 2.77. The molecule has 32 heavy (non-hydrogen) atoms. The zero-order chi connectivity index (χ0) is 23.1. The Hall–Kier alpha value is -3.04. The molecule has 8 nitrogen and oxygen atoms in total. The maximum absolute atomic E-state index is 13.1. The molecule has 0 saturated heterocycles. The van der Waals surface area contributed by atoms with Gasteiger partial charge in [-0.3, -0.25) is 9.59 Å². The molecule has 0 radical (unpaired) electrons. The minimum absolute atomic E-state index is 0.0402. The molecule has 0 atom stereocenters. The molecule has 0 unspecified atom stereocenters. The summed E-state index contributed by atoms with van der Waals surface area (Å²) in [5.74, 6) is 0.637. The lowest BCUT2D eigenvalue weighted by molar-refractivity contribution is -0.118. The molecule has 10 heteroatoms. The number of nitrogens with two attached hydrogens (primary N) is 1. The first-order valence-corrected chi connectivity index (χ1v) is 11.3. The number of halogens is 1. The molecule has 0 aliphatic heterocycles. The fourth-order valence-corrected chi connectivity index (χ4v) is 4.25. The van der Waals surface area contributed by atoms with E-state index in [9.17, 15) is 9.59 Å². The van der Waals surface area contributed by atoms with Gasteiger partial charge in [0.1, 0.15) is 5.75 Å². The summed E-state index contributed by atoms with van der Waals surface area (Å²) in [5.41, 5.74) is 6.75. The Labute approximate surface area is 195 Å². The first-order chi connectivity index (χ1) is 15.4. The zero-order valence-corrected chi connectivity index (χ0v) is 19.4. The molecular formula is C22H24ClN5O3S. The molecule has 3 aromatic rings. The Bertz CT molecular complexity index is 1100. The predicted octanol–water partition coefficient (Wildman–Crippen LogP) is 3.63. The third-order valence-corrected chi connectivity index (χ3v) is 5.89. The van der Waals surface area contributed by atoms with E-state index in [0.717, 1.165) is 5.56 Å². The van der Waals surface area contributed by atoms with E-state index >= 15 is 0 Å². The number of ether oxygens (including phenoxy) is 1. The quantitative estimate of drug-likeness (QED) is 0.451. The largest absolute Gasteiger partial charge is 0.495 e. The number of anilines is 1. The summed E-state index contributed by atoms with van der Waals surface area (Å²) < 4.78 is 7.32. The molecule has 0 aliphatic rings. The monoisotopic (exact) mass is 473 g/mol. The number of hydrogen-bond acceptors (Lipinski definition) is 6. The first kappa shape index (κ1) is 23.6. The van der Waals surface area contributed by atoms with Crippen molar-refractivity contribution in [2.75, 3.05) is 24.3 Å². The van der Waals surface area contributed by atoms with Crippen LogP contribution in [0.2, 0.25) is 5.02 Å². The number of aromatic nitrogens is 3. The molecule has 1 heterocycles. The molecule has 168 valence electrons. The van der Waals surface area contributed by atoms with Gasteiger partial charge in [-0.1, -0.05) is 47.6 Å². The molecule has 0 aliphatic carbocycles. The predicted molar refractivity (Wildman–Crippen MR) is 126 cm³/mol. The third-order valence-electron chi connectivity index (χ3n) is 4.70. The highest BCUT2D eigenvalue weighted by Gasteiger charge is 2.22. The van der Waals surface area contributed by atoms with E-state index in [1.165, 1.54) is 23.8 Å². The normalized spacial score (nSPS) is 10.7. The smallest absolute Gasteiger partial charge is 0.237 e. The summed E-state index contributed by atoms with van der Waals surface area (Å²) in [6, 6.07) is 14.5. The van der Waals surface area contributed by atoms with Gasteiger partial charge in [0.05, 0.1) is 18.6 Å². The van der Waals surface area contributed by atoms with Crippen LogP contribution >= 0.6 is 23.4 Å². The van der Waals surface area contributed by atoms with Crippen molar-refractivity contribution >= 4 is 40.9 Å². The Balaban J connectivity index is 1.81. The highest BCUT2D eigenvalue weighted by Crippen LogP contribution is 2.30. The van der Waals surface area contributed by atoms with Crippen molar-refractivity contribution in [1.29, 1.82) is 0 Å². The van der Waals surface area contributed by atoms with Crippen LogP contribution in [-0.2, 0) is 16.1 Å². The summed E-state index contributed by atoms with van der Waals surface area (Å²) in [6.07, 6.45) is 0.0402. The Morgan fingerprint density at radius 2 is 1.97 bits per heavy atom. The zero-order valence-electron chi connectivity index (χ0n) is 17.8. The Kier molecular flexibility index (Phi) is 8.13. The van der Waals surface area contributed by atoms with Gasteiger partial charge in [0, 0.05) is 30.1 Å². The topological polar surface area (TPSA) is 103 Å². The fourth-order valence-electron chi connectivity index (χ4n) is 3.18. The fraction of sp³-hybridized carbons (Fsp3) is 0.273. The van der Waals surface area contributed by atoms with Gasteiger partial charge in [-0.2, -0.15) is 0 Å². The molecule has 2 aromatic carbocycles. The lowest BCUT2D eigenvalue weighted by Gasteiger charge is -2.24. The number of primary amides is 1. The second-order valence-electron chi connectivity index (χ2n) is 6.78. The Morgan fingerprint density at radius 3 is 2.66 bits per heavy atom. The molecule has 0 bridgehead atoms. The third kappa shape index (κ3) is 5.60. The summed E-state index contributed by atoms with van der Waals surface area (Å²) >= 11 is 7.39. The van der Waals surface area contributed by atoms with Crippen molar-refractivity contribution in [2.45, 2.75) is 25.0 Å². The SMILES string of the molecule is CCn1c(SCC(=O)N(CCC(N)=O)c2ccccc2OC)nnc1-c1cccc(Cl)c1. The van der Waals surface area contributed by atoms with E-state index in [2.05, 4.69) is 10.2 Å². The van der Waals surface area contributed by atoms with Crippen molar-refractivity contribution in [3.05, 3.63) is 53.6 Å².